The number of hydrogen-bond donors (Lipinski definition) is 1. The smallest absolute Gasteiger partial charge is 0.338 e. The van der Waals surface area contributed by atoms with Crippen molar-refractivity contribution in [1.29, 1.82) is 0 Å². The lowest BCUT2D eigenvalue weighted by Gasteiger charge is -2.09. The average molecular weight is 292 g/mol. The summed E-state index contributed by atoms with van der Waals surface area (Å²) in [4.78, 5) is 11.4. The van der Waals surface area contributed by atoms with E-state index in [0.29, 0.717) is 12.0 Å². The molecule has 0 radical (unpaired) electrons. The van der Waals surface area contributed by atoms with Crippen LogP contribution in [0.15, 0.2) is 17.0 Å². The van der Waals surface area contributed by atoms with Crippen LogP contribution in [0.25, 0.3) is 0 Å². The fourth-order valence-corrected chi connectivity index (χ4v) is 2.47. The molecule has 0 bridgehead atoms. The first-order chi connectivity index (χ1) is 8.27. The Balaban J connectivity index is 3.25. The van der Waals surface area contributed by atoms with Gasteiger partial charge in [0.05, 0.1) is 17.2 Å². The number of nitrogens with two attached hydrogens (primary N) is 1. The van der Waals surface area contributed by atoms with E-state index >= 15 is 0 Å². The molecule has 0 saturated carbocycles. The zero-order valence-electron chi connectivity index (χ0n) is 10.1. The van der Waals surface area contributed by atoms with Crippen molar-refractivity contribution in [3.63, 3.8) is 0 Å². The molecule has 100 valence electrons. The SMILES string of the molecule is CCCOC(=O)c1cc(C)c(Cl)c(S(N)(=O)=O)c1. The molecule has 0 fully saturated rings. The molecule has 5 nitrogen and oxygen atoms in total. The predicted molar refractivity (Wildman–Crippen MR) is 68.1 cm³/mol. The Morgan fingerprint density at radius 3 is 2.56 bits per heavy atom. The Hall–Kier alpha value is -1.11. The van der Waals surface area contributed by atoms with Gasteiger partial charge in [0.2, 0.25) is 10.0 Å². The minimum absolute atomic E-state index is 0.0181. The Morgan fingerprint density at radius 2 is 2.06 bits per heavy atom. The predicted octanol–water partition coefficient (Wildman–Crippen LogP) is 1.86. The molecule has 2 N–H and O–H groups in total. The van der Waals surface area contributed by atoms with Gasteiger partial charge in [-0.25, -0.2) is 18.4 Å². The Morgan fingerprint density at radius 1 is 1.44 bits per heavy atom. The first kappa shape index (κ1) is 14.9. The van der Waals surface area contributed by atoms with Gasteiger partial charge in [-0.2, -0.15) is 0 Å². The second-order valence-corrected chi connectivity index (χ2v) is 5.69. The van der Waals surface area contributed by atoms with Crippen molar-refractivity contribution in [3.8, 4) is 0 Å². The number of ether oxygens (including phenoxy) is 1. The maximum Gasteiger partial charge on any atom is 0.338 e. The van der Waals surface area contributed by atoms with Crippen LogP contribution < -0.4 is 5.14 Å². The number of rotatable bonds is 4. The maximum atomic E-state index is 11.6. The molecule has 0 unspecified atom stereocenters. The monoisotopic (exact) mass is 291 g/mol. The van der Waals surface area contributed by atoms with Gasteiger partial charge in [0.1, 0.15) is 4.90 Å². The van der Waals surface area contributed by atoms with Crippen molar-refractivity contribution in [2.24, 2.45) is 5.14 Å². The zero-order chi connectivity index (χ0) is 13.9. The van der Waals surface area contributed by atoms with Gasteiger partial charge in [-0.15, -0.1) is 0 Å². The molecule has 0 amide bonds. The highest BCUT2D eigenvalue weighted by molar-refractivity contribution is 7.89. The summed E-state index contributed by atoms with van der Waals surface area (Å²) in [5.41, 5.74) is 0.570. The molecule has 1 aromatic rings. The molecule has 0 saturated heterocycles. The van der Waals surface area contributed by atoms with E-state index in [2.05, 4.69) is 0 Å². The van der Waals surface area contributed by atoms with Gasteiger partial charge in [0, 0.05) is 0 Å². The highest BCUT2D eigenvalue weighted by Gasteiger charge is 2.19. The van der Waals surface area contributed by atoms with Crippen LogP contribution in [-0.4, -0.2) is 21.0 Å². The second kappa shape index (κ2) is 5.69. The molecule has 0 atom stereocenters. The van der Waals surface area contributed by atoms with E-state index < -0.39 is 16.0 Å². The third kappa shape index (κ3) is 3.44. The van der Waals surface area contributed by atoms with E-state index in [1.165, 1.54) is 6.07 Å². The van der Waals surface area contributed by atoms with E-state index in [1.807, 2.05) is 6.92 Å². The molecule has 1 aromatic carbocycles. The summed E-state index contributed by atoms with van der Waals surface area (Å²) in [6, 6.07) is 2.59. The third-order valence-electron chi connectivity index (χ3n) is 2.20. The van der Waals surface area contributed by atoms with E-state index in [4.69, 9.17) is 21.5 Å². The largest absolute Gasteiger partial charge is 0.462 e. The van der Waals surface area contributed by atoms with Gasteiger partial charge in [-0.1, -0.05) is 18.5 Å². The number of benzene rings is 1. The molecule has 1 rings (SSSR count). The molecular formula is C11H14ClNO4S. The number of carbonyl (C=O) groups excluding carboxylic acids is 1. The number of hydrogen-bond acceptors (Lipinski definition) is 4. The molecule has 18 heavy (non-hydrogen) atoms. The summed E-state index contributed by atoms with van der Waals surface area (Å²) < 4.78 is 27.6. The number of halogens is 1. The summed E-state index contributed by atoms with van der Waals surface area (Å²) in [5, 5.41) is 5.05. The first-order valence-electron chi connectivity index (χ1n) is 5.27. The van der Waals surface area contributed by atoms with Crippen molar-refractivity contribution in [2.75, 3.05) is 6.61 Å². The lowest BCUT2D eigenvalue weighted by atomic mass is 10.1. The topological polar surface area (TPSA) is 86.5 Å². The zero-order valence-corrected chi connectivity index (χ0v) is 11.6. The fraction of sp³-hybridized carbons (Fsp3) is 0.364. The Bertz CT molecular complexity index is 569. The van der Waals surface area contributed by atoms with E-state index in [0.717, 1.165) is 6.07 Å². The van der Waals surface area contributed by atoms with Crippen molar-refractivity contribution in [1.82, 2.24) is 0 Å². The highest BCUT2D eigenvalue weighted by atomic mass is 35.5. The van der Waals surface area contributed by atoms with Gasteiger partial charge in [0.25, 0.3) is 0 Å². The van der Waals surface area contributed by atoms with Gasteiger partial charge >= 0.3 is 5.97 Å². The highest BCUT2D eigenvalue weighted by Crippen LogP contribution is 2.26. The first-order valence-corrected chi connectivity index (χ1v) is 7.20. The van der Waals surface area contributed by atoms with E-state index in [-0.39, 0.29) is 22.1 Å². The van der Waals surface area contributed by atoms with Crippen LogP contribution in [0.1, 0.15) is 29.3 Å². The summed E-state index contributed by atoms with van der Waals surface area (Å²) in [5.74, 6) is -0.596. The standard InChI is InChI=1S/C11H14ClNO4S/c1-3-4-17-11(14)8-5-7(2)10(12)9(6-8)18(13,15)16/h5-6H,3-4H2,1-2H3,(H2,13,15,16). The summed E-state index contributed by atoms with van der Waals surface area (Å²) >= 11 is 5.85. The molecular weight excluding hydrogens is 278 g/mol. The Kier molecular flexibility index (Phi) is 4.72. The number of carbonyl (C=O) groups is 1. The molecule has 7 heteroatoms. The van der Waals surface area contributed by atoms with Crippen molar-refractivity contribution >= 4 is 27.6 Å². The average Bonchev–Trinajstić information content (AvgIpc) is 2.27. The molecule has 0 aromatic heterocycles. The molecule has 0 aliphatic rings. The minimum Gasteiger partial charge on any atom is -0.462 e. The second-order valence-electron chi connectivity index (χ2n) is 3.79. The summed E-state index contributed by atoms with van der Waals surface area (Å²) in [6.45, 7) is 3.72. The lowest BCUT2D eigenvalue weighted by Crippen LogP contribution is -2.15. The van der Waals surface area contributed by atoms with Crippen LogP contribution in [0.5, 0.6) is 0 Å². The number of sulfonamides is 1. The van der Waals surface area contributed by atoms with Crippen molar-refractivity contribution < 1.29 is 17.9 Å². The molecule has 0 aliphatic carbocycles. The maximum absolute atomic E-state index is 11.6. The van der Waals surface area contributed by atoms with Gasteiger partial charge in [0.15, 0.2) is 0 Å². The van der Waals surface area contributed by atoms with Gasteiger partial charge in [-0.05, 0) is 31.0 Å². The number of primary sulfonamides is 1. The van der Waals surface area contributed by atoms with Crippen LogP contribution >= 0.6 is 11.6 Å². The number of aryl methyl sites for hydroxylation is 1. The van der Waals surface area contributed by atoms with Gasteiger partial charge in [-0.3, -0.25) is 0 Å². The normalized spacial score (nSPS) is 11.3. The van der Waals surface area contributed by atoms with Crippen molar-refractivity contribution in [3.05, 3.63) is 28.3 Å². The summed E-state index contributed by atoms with van der Waals surface area (Å²) in [7, 11) is -3.97. The number of esters is 1. The van der Waals surface area contributed by atoms with Crippen LogP contribution in [-0.2, 0) is 14.8 Å². The Labute approximate surface area is 111 Å². The van der Waals surface area contributed by atoms with E-state index in [9.17, 15) is 13.2 Å². The minimum atomic E-state index is -3.97. The van der Waals surface area contributed by atoms with Gasteiger partial charge < -0.3 is 4.74 Å². The fourth-order valence-electron chi connectivity index (χ4n) is 1.34. The van der Waals surface area contributed by atoms with Crippen molar-refractivity contribution in [2.45, 2.75) is 25.2 Å². The quantitative estimate of drug-likeness (QED) is 0.858. The van der Waals surface area contributed by atoms with E-state index in [1.54, 1.807) is 6.92 Å². The third-order valence-corrected chi connectivity index (χ3v) is 3.75. The van der Waals surface area contributed by atoms with Crippen LogP contribution in [0.3, 0.4) is 0 Å². The molecule has 0 aliphatic heterocycles. The molecule has 0 spiro atoms. The summed E-state index contributed by atoms with van der Waals surface area (Å²) in [6.07, 6.45) is 0.681. The van der Waals surface area contributed by atoms with Crippen LogP contribution in [0, 0.1) is 6.92 Å². The molecule has 0 heterocycles. The van der Waals surface area contributed by atoms with Crippen LogP contribution in [0.4, 0.5) is 0 Å². The van der Waals surface area contributed by atoms with Crippen LogP contribution in [0.2, 0.25) is 5.02 Å². The lowest BCUT2D eigenvalue weighted by molar-refractivity contribution is 0.0504.